The highest BCUT2D eigenvalue weighted by atomic mass is 32.1. The van der Waals surface area contributed by atoms with E-state index in [0.29, 0.717) is 6.04 Å². The molecule has 0 saturated carbocycles. The van der Waals surface area contributed by atoms with Crippen LogP contribution in [-0.4, -0.2) is 10.3 Å². The predicted molar refractivity (Wildman–Crippen MR) is 43.3 cm³/mol. The molecule has 2 heteroatoms. The van der Waals surface area contributed by atoms with Crippen molar-refractivity contribution < 1.29 is 0 Å². The molecule has 1 aliphatic rings. The van der Waals surface area contributed by atoms with E-state index in [9.17, 15) is 0 Å². The van der Waals surface area contributed by atoms with Crippen LogP contribution in [0.2, 0.25) is 0 Å². The SMILES string of the molecule is CCCC1CC=CN1S. The van der Waals surface area contributed by atoms with Crippen LogP contribution in [0.25, 0.3) is 0 Å². The van der Waals surface area contributed by atoms with Gasteiger partial charge in [-0.25, -0.2) is 0 Å². The Morgan fingerprint density at radius 1 is 1.78 bits per heavy atom. The van der Waals surface area contributed by atoms with Gasteiger partial charge < -0.3 is 4.31 Å². The van der Waals surface area contributed by atoms with E-state index in [0.717, 1.165) is 0 Å². The molecular weight excluding hydrogens is 130 g/mol. The molecule has 0 amide bonds. The van der Waals surface area contributed by atoms with Crippen molar-refractivity contribution in [2.24, 2.45) is 0 Å². The maximum Gasteiger partial charge on any atom is 0.0432 e. The first-order valence-electron chi connectivity index (χ1n) is 3.48. The van der Waals surface area contributed by atoms with Gasteiger partial charge in [-0.2, -0.15) is 0 Å². The highest BCUT2D eigenvalue weighted by Crippen LogP contribution is 2.19. The molecule has 9 heavy (non-hydrogen) atoms. The lowest BCUT2D eigenvalue weighted by Crippen LogP contribution is -2.16. The minimum Gasteiger partial charge on any atom is -0.323 e. The highest BCUT2D eigenvalue weighted by Gasteiger charge is 2.13. The third-order valence-corrected chi connectivity index (χ3v) is 2.12. The summed E-state index contributed by atoms with van der Waals surface area (Å²) >= 11 is 4.27. The van der Waals surface area contributed by atoms with E-state index < -0.39 is 0 Å². The first-order valence-corrected chi connectivity index (χ1v) is 3.88. The van der Waals surface area contributed by atoms with Crippen molar-refractivity contribution in [3.63, 3.8) is 0 Å². The summed E-state index contributed by atoms with van der Waals surface area (Å²) in [5.41, 5.74) is 0. The van der Waals surface area contributed by atoms with Crippen molar-refractivity contribution in [2.45, 2.75) is 32.2 Å². The zero-order valence-corrected chi connectivity index (χ0v) is 6.64. The lowest BCUT2D eigenvalue weighted by molar-refractivity contribution is 0.445. The normalized spacial score (nSPS) is 25.6. The van der Waals surface area contributed by atoms with Gasteiger partial charge in [-0.15, -0.1) is 0 Å². The Hall–Kier alpha value is -0.110. The van der Waals surface area contributed by atoms with Crippen molar-refractivity contribution >= 4 is 12.8 Å². The van der Waals surface area contributed by atoms with Gasteiger partial charge >= 0.3 is 0 Å². The summed E-state index contributed by atoms with van der Waals surface area (Å²) in [6.07, 6.45) is 7.91. The maximum absolute atomic E-state index is 4.27. The van der Waals surface area contributed by atoms with Gasteiger partial charge in [0.2, 0.25) is 0 Å². The van der Waals surface area contributed by atoms with Crippen LogP contribution in [0.15, 0.2) is 12.3 Å². The Morgan fingerprint density at radius 3 is 3.00 bits per heavy atom. The number of nitrogens with zero attached hydrogens (tertiary/aromatic N) is 1. The molecule has 1 unspecified atom stereocenters. The van der Waals surface area contributed by atoms with Gasteiger partial charge in [0, 0.05) is 12.2 Å². The average Bonchev–Trinajstić information content (AvgIpc) is 2.18. The van der Waals surface area contributed by atoms with Gasteiger partial charge in [0.05, 0.1) is 0 Å². The number of hydrogen-bond acceptors (Lipinski definition) is 2. The Balaban J connectivity index is 2.28. The quantitative estimate of drug-likeness (QED) is 0.580. The molecule has 0 aromatic carbocycles. The van der Waals surface area contributed by atoms with Gasteiger partial charge in [-0.1, -0.05) is 32.2 Å². The molecule has 0 saturated heterocycles. The molecule has 52 valence electrons. The zero-order valence-electron chi connectivity index (χ0n) is 5.75. The Kier molecular flexibility index (Phi) is 2.46. The van der Waals surface area contributed by atoms with Crippen LogP contribution in [0, 0.1) is 0 Å². The van der Waals surface area contributed by atoms with Gasteiger partial charge in [-0.05, 0) is 12.8 Å². The Morgan fingerprint density at radius 2 is 2.56 bits per heavy atom. The van der Waals surface area contributed by atoms with E-state index in [1.807, 2.05) is 10.5 Å². The fourth-order valence-electron chi connectivity index (χ4n) is 1.14. The third kappa shape index (κ3) is 1.65. The molecule has 0 spiro atoms. The number of thiol groups is 1. The average molecular weight is 143 g/mol. The summed E-state index contributed by atoms with van der Waals surface area (Å²) in [7, 11) is 0. The van der Waals surface area contributed by atoms with Crippen LogP contribution in [-0.2, 0) is 0 Å². The number of rotatable bonds is 2. The molecule has 0 radical (unpaired) electrons. The lowest BCUT2D eigenvalue weighted by Gasteiger charge is -2.17. The maximum atomic E-state index is 4.27. The molecule has 1 nitrogen and oxygen atoms in total. The molecule has 1 aliphatic heterocycles. The smallest absolute Gasteiger partial charge is 0.0432 e. The molecule has 1 heterocycles. The molecule has 0 N–H and O–H groups in total. The standard InChI is InChI=1S/C7H13NS/c1-2-4-7-5-3-6-8(7)9/h3,6-7,9H,2,4-5H2,1H3. The van der Waals surface area contributed by atoms with E-state index in [4.69, 9.17) is 0 Å². The molecule has 0 fully saturated rings. The van der Waals surface area contributed by atoms with Crippen molar-refractivity contribution in [3.05, 3.63) is 12.3 Å². The summed E-state index contributed by atoms with van der Waals surface area (Å²) in [4.78, 5) is 0. The fourth-order valence-corrected chi connectivity index (χ4v) is 1.44. The van der Waals surface area contributed by atoms with E-state index in [2.05, 4.69) is 25.8 Å². The lowest BCUT2D eigenvalue weighted by atomic mass is 10.1. The molecule has 0 bridgehead atoms. The zero-order chi connectivity index (χ0) is 6.69. The molecule has 1 atom stereocenters. The summed E-state index contributed by atoms with van der Waals surface area (Å²) in [6.45, 7) is 2.21. The van der Waals surface area contributed by atoms with Crippen LogP contribution >= 0.6 is 12.8 Å². The first-order chi connectivity index (χ1) is 4.34. The van der Waals surface area contributed by atoms with Crippen LogP contribution in [0.4, 0.5) is 0 Å². The molecule has 0 aromatic heterocycles. The summed E-state index contributed by atoms with van der Waals surface area (Å²) in [6, 6.07) is 0.665. The Labute approximate surface area is 62.3 Å². The number of hydrogen-bond donors (Lipinski definition) is 1. The molecule has 0 aromatic rings. The molecule has 0 aliphatic carbocycles. The topological polar surface area (TPSA) is 3.24 Å². The van der Waals surface area contributed by atoms with Crippen molar-refractivity contribution in [1.29, 1.82) is 0 Å². The van der Waals surface area contributed by atoms with Crippen LogP contribution < -0.4 is 0 Å². The van der Waals surface area contributed by atoms with Crippen LogP contribution in [0.1, 0.15) is 26.2 Å². The van der Waals surface area contributed by atoms with E-state index in [1.54, 1.807) is 0 Å². The van der Waals surface area contributed by atoms with E-state index >= 15 is 0 Å². The van der Waals surface area contributed by atoms with Crippen LogP contribution in [0.5, 0.6) is 0 Å². The monoisotopic (exact) mass is 143 g/mol. The van der Waals surface area contributed by atoms with Crippen molar-refractivity contribution in [1.82, 2.24) is 4.31 Å². The summed E-state index contributed by atoms with van der Waals surface area (Å²) < 4.78 is 2.00. The minimum absolute atomic E-state index is 0.665. The van der Waals surface area contributed by atoms with Gasteiger partial charge in [0.1, 0.15) is 0 Å². The van der Waals surface area contributed by atoms with E-state index in [-0.39, 0.29) is 0 Å². The molecule has 1 rings (SSSR count). The highest BCUT2D eigenvalue weighted by molar-refractivity contribution is 7.77. The second-order valence-corrected chi connectivity index (χ2v) is 2.90. The molecular formula is C7H13NS. The Bertz CT molecular complexity index is 111. The van der Waals surface area contributed by atoms with Crippen LogP contribution in [0.3, 0.4) is 0 Å². The largest absolute Gasteiger partial charge is 0.323 e. The van der Waals surface area contributed by atoms with Gasteiger partial charge in [0.25, 0.3) is 0 Å². The fraction of sp³-hybridized carbons (Fsp3) is 0.714. The summed E-state index contributed by atoms with van der Waals surface area (Å²) in [5.74, 6) is 0. The first kappa shape index (κ1) is 7.00. The van der Waals surface area contributed by atoms with Gasteiger partial charge in [0.15, 0.2) is 0 Å². The second-order valence-electron chi connectivity index (χ2n) is 2.44. The second kappa shape index (κ2) is 3.16. The predicted octanol–water partition coefficient (Wildman–Crippen LogP) is 2.22. The minimum atomic E-state index is 0.665. The third-order valence-electron chi connectivity index (χ3n) is 1.66. The van der Waals surface area contributed by atoms with Gasteiger partial charge in [-0.3, -0.25) is 0 Å². The van der Waals surface area contributed by atoms with Crippen molar-refractivity contribution in [2.75, 3.05) is 0 Å². The van der Waals surface area contributed by atoms with E-state index in [1.165, 1.54) is 19.3 Å². The summed E-state index contributed by atoms with van der Waals surface area (Å²) in [5, 5.41) is 0. The van der Waals surface area contributed by atoms with Crippen molar-refractivity contribution in [3.8, 4) is 0 Å².